The first-order chi connectivity index (χ1) is 12.6. The van der Waals surface area contributed by atoms with Gasteiger partial charge in [-0.15, -0.1) is 0 Å². The summed E-state index contributed by atoms with van der Waals surface area (Å²) in [6.45, 7) is 0. The topological polar surface area (TPSA) is 37.4 Å². The molecule has 1 fully saturated rings. The number of likely N-dealkylation sites (N-methyl/N-ethyl adjacent to an activating group) is 1. The van der Waals surface area contributed by atoms with E-state index in [-0.39, 0.29) is 11.7 Å². The number of carbonyl (C=O) groups is 2. The molecule has 0 spiro atoms. The fraction of sp³-hybridized carbons (Fsp3) is 0.364. The molecular formula is C22H24ClNO2. The molecule has 0 heterocycles. The first kappa shape index (κ1) is 18.7. The Balaban J connectivity index is 1.88. The molecule has 0 bridgehead atoms. The highest BCUT2D eigenvalue weighted by molar-refractivity contribution is 6.31. The number of halogens is 1. The van der Waals surface area contributed by atoms with E-state index >= 15 is 0 Å². The van der Waals surface area contributed by atoms with Crippen LogP contribution < -0.4 is 0 Å². The van der Waals surface area contributed by atoms with Crippen LogP contribution in [0.2, 0.25) is 5.02 Å². The van der Waals surface area contributed by atoms with Gasteiger partial charge >= 0.3 is 0 Å². The van der Waals surface area contributed by atoms with Crippen LogP contribution in [-0.2, 0) is 21.5 Å². The second-order valence-electron chi connectivity index (χ2n) is 6.91. The van der Waals surface area contributed by atoms with Crippen LogP contribution in [-0.4, -0.2) is 23.6 Å². The van der Waals surface area contributed by atoms with Gasteiger partial charge in [0.1, 0.15) is 5.54 Å². The standard InChI is InChI=1S/C22H24ClNO2/c1-24(21(26)15-14-17-9-3-2-4-10-17)22(16-8-7-13-20(22)25)18-11-5-6-12-19(18)23/h2-6,9-12H,7-8,13-16H2,1H3/t22-/m1/s1. The van der Waals surface area contributed by atoms with Crippen molar-refractivity contribution in [3.63, 3.8) is 0 Å². The molecule has 1 aliphatic carbocycles. The molecule has 4 heteroatoms. The van der Waals surface area contributed by atoms with Crippen molar-refractivity contribution in [1.29, 1.82) is 0 Å². The zero-order chi connectivity index (χ0) is 18.6. The van der Waals surface area contributed by atoms with E-state index in [0.717, 1.165) is 24.0 Å². The molecule has 0 saturated heterocycles. The molecule has 1 amide bonds. The number of Topliss-reactive ketones (excluding diaryl/α,β-unsaturated/α-hetero) is 1. The monoisotopic (exact) mass is 369 g/mol. The van der Waals surface area contributed by atoms with Gasteiger partial charge in [0.15, 0.2) is 5.78 Å². The van der Waals surface area contributed by atoms with E-state index in [1.807, 2.05) is 48.5 Å². The summed E-state index contributed by atoms with van der Waals surface area (Å²) in [4.78, 5) is 27.7. The van der Waals surface area contributed by atoms with Crippen molar-refractivity contribution >= 4 is 23.3 Å². The Labute approximate surface area is 160 Å². The summed E-state index contributed by atoms with van der Waals surface area (Å²) < 4.78 is 0. The molecule has 0 N–H and O–H groups in total. The molecule has 3 rings (SSSR count). The number of benzene rings is 2. The molecule has 1 saturated carbocycles. The zero-order valence-corrected chi connectivity index (χ0v) is 15.8. The van der Waals surface area contributed by atoms with Crippen molar-refractivity contribution in [2.24, 2.45) is 0 Å². The Kier molecular flexibility index (Phi) is 5.77. The lowest BCUT2D eigenvalue weighted by molar-refractivity contribution is -0.148. The Hall–Kier alpha value is -2.13. The van der Waals surface area contributed by atoms with Crippen LogP contribution in [0.1, 0.15) is 43.2 Å². The van der Waals surface area contributed by atoms with Crippen molar-refractivity contribution in [2.75, 3.05) is 7.05 Å². The summed E-state index contributed by atoms with van der Waals surface area (Å²) in [5.41, 5.74) is 0.933. The van der Waals surface area contributed by atoms with E-state index in [1.165, 1.54) is 0 Å². The number of nitrogens with zero attached hydrogens (tertiary/aromatic N) is 1. The minimum atomic E-state index is -0.940. The third-order valence-corrected chi connectivity index (χ3v) is 5.72. The molecule has 0 unspecified atom stereocenters. The van der Waals surface area contributed by atoms with Gasteiger partial charge in [-0.05, 0) is 37.3 Å². The lowest BCUT2D eigenvalue weighted by Crippen LogP contribution is -2.54. The smallest absolute Gasteiger partial charge is 0.223 e. The highest BCUT2D eigenvalue weighted by Crippen LogP contribution is 2.42. The first-order valence-corrected chi connectivity index (χ1v) is 9.52. The largest absolute Gasteiger partial charge is 0.329 e. The van der Waals surface area contributed by atoms with Gasteiger partial charge in [0.05, 0.1) is 0 Å². The molecule has 136 valence electrons. The molecule has 0 aliphatic heterocycles. The Morgan fingerprint density at radius 3 is 2.46 bits per heavy atom. The normalized spacial score (nSPS) is 20.0. The minimum absolute atomic E-state index is 0.0241. The summed E-state index contributed by atoms with van der Waals surface area (Å²) in [6, 6.07) is 17.3. The van der Waals surface area contributed by atoms with Gasteiger partial charge in [-0.3, -0.25) is 9.59 Å². The van der Waals surface area contributed by atoms with Gasteiger partial charge in [0, 0.05) is 30.5 Å². The van der Waals surface area contributed by atoms with Crippen molar-refractivity contribution in [2.45, 2.75) is 44.1 Å². The van der Waals surface area contributed by atoms with Crippen LogP contribution in [0.3, 0.4) is 0 Å². The summed E-state index contributed by atoms with van der Waals surface area (Å²) in [5.74, 6) is 0.0661. The second-order valence-corrected chi connectivity index (χ2v) is 7.32. The lowest BCUT2D eigenvalue weighted by Gasteiger charge is -2.44. The fourth-order valence-electron chi connectivity index (χ4n) is 3.91. The molecule has 26 heavy (non-hydrogen) atoms. The maximum absolute atomic E-state index is 13.0. The van der Waals surface area contributed by atoms with Crippen molar-refractivity contribution in [3.8, 4) is 0 Å². The van der Waals surface area contributed by atoms with Crippen molar-refractivity contribution in [1.82, 2.24) is 4.90 Å². The molecule has 1 aliphatic rings. The maximum Gasteiger partial charge on any atom is 0.223 e. The first-order valence-electron chi connectivity index (χ1n) is 9.14. The van der Waals surface area contributed by atoms with E-state index in [0.29, 0.717) is 30.7 Å². The number of hydrogen-bond acceptors (Lipinski definition) is 2. The summed E-state index contributed by atoms with van der Waals surface area (Å²) in [5, 5.41) is 0.547. The Bertz CT molecular complexity index is 790. The lowest BCUT2D eigenvalue weighted by atomic mass is 9.74. The highest BCUT2D eigenvalue weighted by Gasteiger charge is 2.47. The summed E-state index contributed by atoms with van der Waals surface area (Å²) in [6.07, 6.45) is 3.94. The average Bonchev–Trinajstić information content (AvgIpc) is 2.67. The maximum atomic E-state index is 13.0. The second kappa shape index (κ2) is 8.05. The molecule has 1 atom stereocenters. The predicted molar refractivity (Wildman–Crippen MR) is 104 cm³/mol. The van der Waals surface area contributed by atoms with Gasteiger partial charge in [-0.25, -0.2) is 0 Å². The minimum Gasteiger partial charge on any atom is -0.329 e. The van der Waals surface area contributed by atoms with Gasteiger partial charge in [-0.1, -0.05) is 60.1 Å². The molecule has 0 radical (unpaired) electrons. The van der Waals surface area contributed by atoms with Gasteiger partial charge < -0.3 is 4.90 Å². The van der Waals surface area contributed by atoms with Crippen LogP contribution in [0.25, 0.3) is 0 Å². The highest BCUT2D eigenvalue weighted by atomic mass is 35.5. The number of aryl methyl sites for hydroxylation is 1. The van der Waals surface area contributed by atoms with Crippen LogP contribution >= 0.6 is 11.6 Å². The molecule has 2 aromatic carbocycles. The third-order valence-electron chi connectivity index (χ3n) is 5.39. The van der Waals surface area contributed by atoms with Crippen molar-refractivity contribution < 1.29 is 9.59 Å². The zero-order valence-electron chi connectivity index (χ0n) is 15.1. The fourth-order valence-corrected chi connectivity index (χ4v) is 4.20. The number of amides is 1. The Morgan fingerprint density at radius 1 is 1.08 bits per heavy atom. The van der Waals surface area contributed by atoms with E-state index < -0.39 is 5.54 Å². The number of rotatable bonds is 5. The Morgan fingerprint density at radius 2 is 1.77 bits per heavy atom. The van der Waals surface area contributed by atoms with Crippen LogP contribution in [0, 0.1) is 0 Å². The van der Waals surface area contributed by atoms with Crippen LogP contribution in [0.15, 0.2) is 54.6 Å². The van der Waals surface area contributed by atoms with E-state index in [4.69, 9.17) is 11.6 Å². The molecule has 0 aromatic heterocycles. The summed E-state index contributed by atoms with van der Waals surface area (Å²) in [7, 11) is 1.75. The average molecular weight is 370 g/mol. The number of carbonyl (C=O) groups excluding carboxylic acids is 2. The van der Waals surface area contributed by atoms with Gasteiger partial charge in [0.2, 0.25) is 5.91 Å². The quantitative estimate of drug-likeness (QED) is 0.761. The van der Waals surface area contributed by atoms with Gasteiger partial charge in [0.25, 0.3) is 0 Å². The predicted octanol–water partition coefficient (Wildman–Crippen LogP) is 4.77. The van der Waals surface area contributed by atoms with E-state index in [2.05, 4.69) is 0 Å². The number of ketones is 1. The van der Waals surface area contributed by atoms with Crippen molar-refractivity contribution in [3.05, 3.63) is 70.7 Å². The van der Waals surface area contributed by atoms with Crippen LogP contribution in [0.5, 0.6) is 0 Å². The summed E-state index contributed by atoms with van der Waals surface area (Å²) >= 11 is 6.44. The SMILES string of the molecule is CN(C(=O)CCc1ccccc1)[C@@]1(c2ccccc2Cl)CCCCC1=O. The molecule has 3 nitrogen and oxygen atoms in total. The number of hydrogen-bond donors (Lipinski definition) is 0. The molecule has 2 aromatic rings. The third kappa shape index (κ3) is 3.54. The van der Waals surface area contributed by atoms with Gasteiger partial charge in [-0.2, -0.15) is 0 Å². The molecular weight excluding hydrogens is 346 g/mol. The van der Waals surface area contributed by atoms with E-state index in [9.17, 15) is 9.59 Å². The van der Waals surface area contributed by atoms with E-state index in [1.54, 1.807) is 18.0 Å². The van der Waals surface area contributed by atoms with Crippen LogP contribution in [0.4, 0.5) is 0 Å².